The first kappa shape index (κ1) is 16.1. The summed E-state index contributed by atoms with van der Waals surface area (Å²) < 4.78 is 5.56. The van der Waals surface area contributed by atoms with Gasteiger partial charge in [0.15, 0.2) is 0 Å². The molecule has 0 spiro atoms. The molecule has 7 heteroatoms. The number of nitro groups is 1. The SMILES string of the molecule is O=[N+]([O-])c1ccc(Cl)cc1COc1ccc(CBr)cc1Cl. The van der Waals surface area contributed by atoms with E-state index in [2.05, 4.69) is 15.9 Å². The van der Waals surface area contributed by atoms with Crippen molar-refractivity contribution in [3.63, 3.8) is 0 Å². The molecule has 0 N–H and O–H groups in total. The third-order valence-electron chi connectivity index (χ3n) is 2.77. The van der Waals surface area contributed by atoms with Crippen molar-refractivity contribution in [2.75, 3.05) is 0 Å². The molecule has 0 aliphatic heterocycles. The predicted octanol–water partition coefficient (Wildman–Crippen LogP) is 5.38. The quantitative estimate of drug-likeness (QED) is 0.391. The van der Waals surface area contributed by atoms with Crippen LogP contribution in [0.4, 0.5) is 5.69 Å². The minimum atomic E-state index is -0.468. The average molecular weight is 391 g/mol. The number of alkyl halides is 1. The van der Waals surface area contributed by atoms with E-state index in [-0.39, 0.29) is 12.3 Å². The highest BCUT2D eigenvalue weighted by Gasteiger charge is 2.15. The van der Waals surface area contributed by atoms with Gasteiger partial charge in [0.1, 0.15) is 12.4 Å². The van der Waals surface area contributed by atoms with Gasteiger partial charge in [-0.25, -0.2) is 0 Å². The minimum Gasteiger partial charge on any atom is -0.487 e. The van der Waals surface area contributed by atoms with E-state index in [0.717, 1.165) is 5.56 Å². The molecule has 0 unspecified atom stereocenters. The molecule has 21 heavy (non-hydrogen) atoms. The number of rotatable bonds is 5. The number of hydrogen-bond donors (Lipinski definition) is 0. The van der Waals surface area contributed by atoms with Gasteiger partial charge in [0.05, 0.1) is 15.5 Å². The Kier molecular flexibility index (Phi) is 5.45. The van der Waals surface area contributed by atoms with Gasteiger partial charge in [-0.2, -0.15) is 0 Å². The first-order chi connectivity index (χ1) is 10.0. The van der Waals surface area contributed by atoms with Crippen molar-refractivity contribution in [3.05, 3.63) is 67.7 Å². The predicted molar refractivity (Wildman–Crippen MR) is 86.5 cm³/mol. The number of nitro benzene ring substituents is 1. The fourth-order valence-corrected chi connectivity index (χ4v) is 2.55. The molecule has 2 rings (SSSR count). The van der Waals surface area contributed by atoms with Crippen molar-refractivity contribution >= 4 is 44.8 Å². The lowest BCUT2D eigenvalue weighted by Crippen LogP contribution is -2.01. The van der Waals surface area contributed by atoms with Gasteiger partial charge in [-0.1, -0.05) is 45.2 Å². The monoisotopic (exact) mass is 389 g/mol. The summed E-state index contributed by atoms with van der Waals surface area (Å²) in [6.45, 7) is 0.0181. The molecule has 0 aliphatic rings. The molecule has 2 aromatic rings. The zero-order valence-electron chi connectivity index (χ0n) is 10.7. The van der Waals surface area contributed by atoms with Crippen LogP contribution in [0, 0.1) is 10.1 Å². The van der Waals surface area contributed by atoms with Crippen LogP contribution >= 0.6 is 39.1 Å². The summed E-state index contributed by atoms with van der Waals surface area (Å²) in [4.78, 5) is 10.5. The molecule has 0 saturated heterocycles. The lowest BCUT2D eigenvalue weighted by atomic mass is 10.2. The molecule has 2 aromatic carbocycles. The first-order valence-corrected chi connectivity index (χ1v) is 7.79. The van der Waals surface area contributed by atoms with Crippen LogP contribution in [-0.4, -0.2) is 4.92 Å². The molecule has 0 aliphatic carbocycles. The molecule has 0 radical (unpaired) electrons. The largest absolute Gasteiger partial charge is 0.487 e. The van der Waals surface area contributed by atoms with Crippen LogP contribution in [0.2, 0.25) is 10.0 Å². The second-order valence-corrected chi connectivity index (χ2v) is 5.62. The van der Waals surface area contributed by atoms with Crippen LogP contribution < -0.4 is 4.74 Å². The Labute approximate surface area is 139 Å². The molecule has 0 saturated carbocycles. The molecule has 0 amide bonds. The van der Waals surface area contributed by atoms with Crippen LogP contribution in [0.3, 0.4) is 0 Å². The molecule has 0 bridgehead atoms. The molecule has 0 atom stereocenters. The smallest absolute Gasteiger partial charge is 0.276 e. The van der Waals surface area contributed by atoms with Crippen molar-refractivity contribution in [2.45, 2.75) is 11.9 Å². The van der Waals surface area contributed by atoms with Crippen molar-refractivity contribution in [3.8, 4) is 5.75 Å². The fraction of sp³-hybridized carbons (Fsp3) is 0.143. The highest BCUT2D eigenvalue weighted by molar-refractivity contribution is 9.08. The third-order valence-corrected chi connectivity index (χ3v) is 3.95. The summed E-state index contributed by atoms with van der Waals surface area (Å²) in [5, 5.41) is 12.5. The van der Waals surface area contributed by atoms with E-state index in [1.165, 1.54) is 18.2 Å². The summed E-state index contributed by atoms with van der Waals surface area (Å²) in [5.41, 5.74) is 1.38. The van der Waals surface area contributed by atoms with Crippen LogP contribution in [-0.2, 0) is 11.9 Å². The number of ether oxygens (including phenoxy) is 1. The van der Waals surface area contributed by atoms with Crippen molar-refractivity contribution in [2.24, 2.45) is 0 Å². The highest BCUT2D eigenvalue weighted by Crippen LogP contribution is 2.29. The first-order valence-electron chi connectivity index (χ1n) is 5.91. The van der Waals surface area contributed by atoms with Crippen molar-refractivity contribution < 1.29 is 9.66 Å². The van der Waals surface area contributed by atoms with E-state index >= 15 is 0 Å². The topological polar surface area (TPSA) is 52.4 Å². The van der Waals surface area contributed by atoms with Crippen LogP contribution in [0.1, 0.15) is 11.1 Å². The second kappa shape index (κ2) is 7.11. The molecule has 0 fully saturated rings. The van der Waals surface area contributed by atoms with E-state index in [9.17, 15) is 10.1 Å². The van der Waals surface area contributed by atoms with Gasteiger partial charge >= 0.3 is 0 Å². The van der Waals surface area contributed by atoms with E-state index in [4.69, 9.17) is 27.9 Å². The summed E-state index contributed by atoms with van der Waals surface area (Å²) in [5.74, 6) is 0.468. The van der Waals surface area contributed by atoms with E-state index in [1.54, 1.807) is 12.1 Å². The molecule has 4 nitrogen and oxygen atoms in total. The molecule has 110 valence electrons. The van der Waals surface area contributed by atoms with Crippen molar-refractivity contribution in [1.82, 2.24) is 0 Å². The number of hydrogen-bond acceptors (Lipinski definition) is 3. The maximum absolute atomic E-state index is 11.0. The van der Waals surface area contributed by atoms with Gasteiger partial charge in [-0.3, -0.25) is 10.1 Å². The van der Waals surface area contributed by atoms with Gasteiger partial charge < -0.3 is 4.74 Å². The lowest BCUT2D eigenvalue weighted by Gasteiger charge is -2.09. The van der Waals surface area contributed by atoms with Gasteiger partial charge in [0.25, 0.3) is 5.69 Å². The van der Waals surface area contributed by atoms with Gasteiger partial charge in [0, 0.05) is 16.4 Å². The fourth-order valence-electron chi connectivity index (χ4n) is 1.75. The lowest BCUT2D eigenvalue weighted by molar-refractivity contribution is -0.385. The normalized spacial score (nSPS) is 10.4. The van der Waals surface area contributed by atoms with Crippen molar-refractivity contribution in [1.29, 1.82) is 0 Å². The maximum atomic E-state index is 11.0. The zero-order valence-corrected chi connectivity index (χ0v) is 13.8. The molecular weight excluding hydrogens is 381 g/mol. The van der Waals surface area contributed by atoms with Crippen LogP contribution in [0.25, 0.3) is 0 Å². The summed E-state index contributed by atoms with van der Waals surface area (Å²) in [6, 6.07) is 9.72. The standard InChI is InChI=1S/C14H10BrCl2NO3/c15-7-9-1-4-14(12(17)5-9)21-8-10-6-11(16)2-3-13(10)18(19)20/h1-6H,7-8H2. The summed E-state index contributed by atoms with van der Waals surface area (Å²) in [7, 11) is 0. The Morgan fingerprint density at radius 3 is 2.57 bits per heavy atom. The van der Waals surface area contributed by atoms with Gasteiger partial charge in [-0.15, -0.1) is 0 Å². The summed E-state index contributed by atoms with van der Waals surface area (Å²) >= 11 is 15.3. The van der Waals surface area contributed by atoms with Crippen LogP contribution in [0.15, 0.2) is 36.4 Å². The van der Waals surface area contributed by atoms with Crippen LogP contribution in [0.5, 0.6) is 5.75 Å². The average Bonchev–Trinajstić information content (AvgIpc) is 2.45. The number of halogens is 3. The second-order valence-electron chi connectivity index (χ2n) is 4.22. The zero-order chi connectivity index (χ0) is 15.4. The molecule has 0 heterocycles. The Morgan fingerprint density at radius 2 is 1.95 bits per heavy atom. The van der Waals surface area contributed by atoms with Gasteiger partial charge in [-0.05, 0) is 29.8 Å². The highest BCUT2D eigenvalue weighted by atomic mass is 79.9. The Morgan fingerprint density at radius 1 is 1.19 bits per heavy atom. The number of nitrogens with zero attached hydrogens (tertiary/aromatic N) is 1. The minimum absolute atomic E-state index is 0.0181. The van der Waals surface area contributed by atoms with Gasteiger partial charge in [0.2, 0.25) is 0 Å². The Bertz CT molecular complexity index is 679. The van der Waals surface area contributed by atoms with E-state index in [1.807, 2.05) is 6.07 Å². The number of benzene rings is 2. The third kappa shape index (κ3) is 4.09. The van der Waals surface area contributed by atoms with E-state index < -0.39 is 4.92 Å². The molecular formula is C14H10BrCl2NO3. The Hall–Kier alpha value is -1.30. The maximum Gasteiger partial charge on any atom is 0.276 e. The Balaban J connectivity index is 2.20. The molecule has 0 aromatic heterocycles. The van der Waals surface area contributed by atoms with E-state index in [0.29, 0.717) is 26.7 Å². The summed E-state index contributed by atoms with van der Waals surface area (Å²) in [6.07, 6.45) is 0.